The molecule has 1 unspecified atom stereocenters. The van der Waals surface area contributed by atoms with Crippen LogP contribution >= 0.6 is 27.5 Å². The van der Waals surface area contributed by atoms with Gasteiger partial charge >= 0.3 is 0 Å². The van der Waals surface area contributed by atoms with E-state index < -0.39 is 0 Å². The molecule has 1 aliphatic rings. The van der Waals surface area contributed by atoms with Crippen LogP contribution in [0.2, 0.25) is 5.02 Å². The molecule has 1 atom stereocenters. The van der Waals surface area contributed by atoms with Gasteiger partial charge < -0.3 is 15.0 Å². The van der Waals surface area contributed by atoms with Crippen LogP contribution in [0.5, 0.6) is 5.75 Å². The quantitative estimate of drug-likeness (QED) is 0.841. The zero-order valence-corrected chi connectivity index (χ0v) is 14.4. The van der Waals surface area contributed by atoms with E-state index in [0.717, 1.165) is 22.5 Å². The van der Waals surface area contributed by atoms with Crippen molar-refractivity contribution in [2.45, 2.75) is 32.2 Å². The summed E-state index contributed by atoms with van der Waals surface area (Å²) in [5, 5.41) is 4.21. The zero-order chi connectivity index (χ0) is 14.5. The average Bonchev–Trinajstić information content (AvgIpc) is 2.41. The van der Waals surface area contributed by atoms with Crippen molar-refractivity contribution in [1.29, 1.82) is 0 Å². The molecule has 1 N–H and O–H groups in total. The number of anilines is 1. The fourth-order valence-corrected chi connectivity index (χ4v) is 3.54. The van der Waals surface area contributed by atoms with Gasteiger partial charge in [0.05, 0.1) is 16.8 Å². The third kappa shape index (κ3) is 4.03. The van der Waals surface area contributed by atoms with Crippen LogP contribution in [0.15, 0.2) is 16.6 Å². The molecule has 0 bridgehead atoms. The number of ether oxygens (including phenoxy) is 1. The highest BCUT2D eigenvalue weighted by atomic mass is 79.9. The van der Waals surface area contributed by atoms with Crippen LogP contribution in [0, 0.1) is 0 Å². The number of nitrogens with one attached hydrogen (secondary N) is 1. The van der Waals surface area contributed by atoms with Gasteiger partial charge in [0.1, 0.15) is 0 Å². The van der Waals surface area contributed by atoms with Crippen molar-refractivity contribution in [2.75, 3.05) is 32.1 Å². The summed E-state index contributed by atoms with van der Waals surface area (Å²) in [5.41, 5.74) is 0.963. The van der Waals surface area contributed by atoms with E-state index in [1.54, 1.807) is 0 Å². The molecule has 0 aromatic heterocycles. The van der Waals surface area contributed by atoms with Crippen molar-refractivity contribution in [3.63, 3.8) is 0 Å². The number of halogens is 2. The Bertz CT molecular complexity index is 456. The highest BCUT2D eigenvalue weighted by Gasteiger charge is 2.19. The molecule has 1 aliphatic heterocycles. The van der Waals surface area contributed by atoms with E-state index in [4.69, 9.17) is 16.3 Å². The monoisotopic (exact) mass is 360 g/mol. The molecular weight excluding hydrogens is 340 g/mol. The first-order chi connectivity index (χ1) is 9.61. The summed E-state index contributed by atoms with van der Waals surface area (Å²) >= 11 is 9.65. The molecule has 1 heterocycles. The highest BCUT2D eigenvalue weighted by Crippen LogP contribution is 2.36. The third-order valence-corrected chi connectivity index (χ3v) is 4.55. The summed E-state index contributed by atoms with van der Waals surface area (Å²) < 4.78 is 6.60. The SMILES string of the molecule is CCOc1c(Br)cc(Cl)cc1NCC1CCCCN1C. The van der Waals surface area contributed by atoms with Crippen molar-refractivity contribution in [3.8, 4) is 5.75 Å². The minimum atomic E-state index is 0.580. The summed E-state index contributed by atoms with van der Waals surface area (Å²) in [6.07, 6.45) is 3.86. The number of hydrogen-bond acceptors (Lipinski definition) is 3. The molecule has 1 aromatic carbocycles. The molecule has 5 heteroatoms. The summed E-state index contributed by atoms with van der Waals surface area (Å²) in [6.45, 7) is 4.73. The van der Waals surface area contributed by atoms with Gasteiger partial charge in [0.15, 0.2) is 5.75 Å². The predicted molar refractivity (Wildman–Crippen MR) is 89.1 cm³/mol. The van der Waals surface area contributed by atoms with Crippen LogP contribution in [-0.2, 0) is 0 Å². The molecule has 1 aromatic rings. The summed E-state index contributed by atoms with van der Waals surface area (Å²) in [6, 6.07) is 4.38. The number of piperidine rings is 1. The Morgan fingerprint density at radius 2 is 2.25 bits per heavy atom. The third-order valence-electron chi connectivity index (χ3n) is 3.75. The second-order valence-corrected chi connectivity index (χ2v) is 6.50. The fraction of sp³-hybridized carbons (Fsp3) is 0.600. The number of likely N-dealkylation sites (tertiary alicyclic amines) is 1. The lowest BCUT2D eigenvalue weighted by atomic mass is 10.0. The van der Waals surface area contributed by atoms with Crippen LogP contribution in [0.4, 0.5) is 5.69 Å². The Balaban J connectivity index is 2.07. The number of nitrogens with zero attached hydrogens (tertiary/aromatic N) is 1. The Labute approximate surface area is 134 Å². The predicted octanol–water partition coefficient (Wildman–Crippen LogP) is 4.40. The summed E-state index contributed by atoms with van der Waals surface area (Å²) in [5.74, 6) is 0.843. The minimum Gasteiger partial charge on any atom is -0.491 e. The number of benzene rings is 1. The molecule has 1 saturated heterocycles. The lowest BCUT2D eigenvalue weighted by Gasteiger charge is -2.33. The molecule has 0 saturated carbocycles. The Kier molecular flexibility index (Phi) is 6.00. The first-order valence-corrected chi connectivity index (χ1v) is 8.35. The fourth-order valence-electron chi connectivity index (χ4n) is 2.61. The lowest BCUT2D eigenvalue weighted by molar-refractivity contribution is 0.194. The van der Waals surface area contributed by atoms with Gasteiger partial charge in [-0.2, -0.15) is 0 Å². The molecule has 0 amide bonds. The smallest absolute Gasteiger partial charge is 0.156 e. The Morgan fingerprint density at radius 1 is 1.45 bits per heavy atom. The van der Waals surface area contributed by atoms with E-state index in [1.165, 1.54) is 25.8 Å². The molecule has 20 heavy (non-hydrogen) atoms. The zero-order valence-electron chi connectivity index (χ0n) is 12.1. The van der Waals surface area contributed by atoms with Gasteiger partial charge in [-0.1, -0.05) is 18.0 Å². The van der Waals surface area contributed by atoms with E-state index in [0.29, 0.717) is 17.7 Å². The summed E-state index contributed by atoms with van der Waals surface area (Å²) in [7, 11) is 2.20. The molecule has 0 radical (unpaired) electrons. The van der Waals surface area contributed by atoms with Crippen molar-refractivity contribution in [3.05, 3.63) is 21.6 Å². The van der Waals surface area contributed by atoms with Crippen LogP contribution in [0.1, 0.15) is 26.2 Å². The van der Waals surface area contributed by atoms with E-state index in [-0.39, 0.29) is 0 Å². The van der Waals surface area contributed by atoms with Gasteiger partial charge in [0, 0.05) is 17.6 Å². The van der Waals surface area contributed by atoms with Gasteiger partial charge in [0.25, 0.3) is 0 Å². The second kappa shape index (κ2) is 7.53. The summed E-state index contributed by atoms with van der Waals surface area (Å²) in [4.78, 5) is 2.43. The molecule has 1 fully saturated rings. The van der Waals surface area contributed by atoms with Crippen molar-refractivity contribution in [1.82, 2.24) is 4.90 Å². The maximum atomic E-state index is 6.14. The molecule has 3 nitrogen and oxygen atoms in total. The van der Waals surface area contributed by atoms with Gasteiger partial charge in [-0.15, -0.1) is 0 Å². The van der Waals surface area contributed by atoms with Gasteiger partial charge in [-0.05, 0) is 61.4 Å². The first-order valence-electron chi connectivity index (χ1n) is 7.17. The highest BCUT2D eigenvalue weighted by molar-refractivity contribution is 9.10. The number of likely N-dealkylation sites (N-methyl/N-ethyl adjacent to an activating group) is 1. The van der Waals surface area contributed by atoms with E-state index in [1.807, 2.05) is 19.1 Å². The first kappa shape index (κ1) is 15.9. The van der Waals surface area contributed by atoms with Gasteiger partial charge in [0.2, 0.25) is 0 Å². The van der Waals surface area contributed by atoms with Gasteiger partial charge in [-0.25, -0.2) is 0 Å². The topological polar surface area (TPSA) is 24.5 Å². The van der Waals surface area contributed by atoms with Crippen molar-refractivity contribution < 1.29 is 4.74 Å². The van der Waals surface area contributed by atoms with E-state index in [2.05, 4.69) is 33.2 Å². The maximum Gasteiger partial charge on any atom is 0.156 e. The van der Waals surface area contributed by atoms with Crippen LogP contribution < -0.4 is 10.1 Å². The van der Waals surface area contributed by atoms with Gasteiger partial charge in [-0.3, -0.25) is 0 Å². The van der Waals surface area contributed by atoms with Crippen LogP contribution in [0.3, 0.4) is 0 Å². The van der Waals surface area contributed by atoms with Crippen molar-refractivity contribution >= 4 is 33.2 Å². The maximum absolute atomic E-state index is 6.14. The molecule has 112 valence electrons. The van der Waals surface area contributed by atoms with Crippen LogP contribution in [-0.4, -0.2) is 37.7 Å². The van der Waals surface area contributed by atoms with Crippen LogP contribution in [0.25, 0.3) is 0 Å². The lowest BCUT2D eigenvalue weighted by Crippen LogP contribution is -2.40. The molecule has 0 spiro atoms. The van der Waals surface area contributed by atoms with E-state index in [9.17, 15) is 0 Å². The average molecular weight is 362 g/mol. The van der Waals surface area contributed by atoms with Crippen molar-refractivity contribution in [2.24, 2.45) is 0 Å². The Morgan fingerprint density at radius 3 is 2.95 bits per heavy atom. The second-order valence-electron chi connectivity index (χ2n) is 5.21. The standard InChI is InChI=1S/C15H22BrClN2O/c1-3-20-15-13(16)8-11(17)9-14(15)18-10-12-6-4-5-7-19(12)2/h8-9,12,18H,3-7,10H2,1-2H3. The number of hydrogen-bond donors (Lipinski definition) is 1. The largest absolute Gasteiger partial charge is 0.491 e. The number of rotatable bonds is 5. The molecule has 0 aliphatic carbocycles. The van der Waals surface area contributed by atoms with E-state index >= 15 is 0 Å². The Hall–Kier alpha value is -0.450. The normalized spacial score (nSPS) is 19.9. The molecular formula is C15H22BrClN2O. The minimum absolute atomic E-state index is 0.580. The molecule has 2 rings (SSSR count).